The van der Waals surface area contributed by atoms with Gasteiger partial charge in [-0.3, -0.25) is 4.79 Å². The van der Waals surface area contributed by atoms with Crippen LogP contribution in [0.4, 0.5) is 21.9 Å². The number of fused-ring (bicyclic) bond motifs is 1. The molecule has 5 N–H and O–H groups in total. The molecule has 1 unspecified atom stereocenters. The quantitative estimate of drug-likeness (QED) is 0.461. The summed E-state index contributed by atoms with van der Waals surface area (Å²) in [7, 11) is 3.89. The molecule has 0 saturated carbocycles. The van der Waals surface area contributed by atoms with E-state index < -0.39 is 11.9 Å². The second-order valence-electron chi connectivity index (χ2n) is 7.54. The summed E-state index contributed by atoms with van der Waals surface area (Å²) in [5.41, 5.74) is 15.6. The van der Waals surface area contributed by atoms with Crippen LogP contribution in [0.3, 0.4) is 0 Å². The average molecular weight is 509 g/mol. The summed E-state index contributed by atoms with van der Waals surface area (Å²) in [4.78, 5) is 34.0. The number of benzene rings is 2. The van der Waals surface area contributed by atoms with Crippen molar-refractivity contribution in [3.05, 3.63) is 69.7 Å². The lowest BCUT2D eigenvalue weighted by molar-refractivity contribution is 0.0999. The van der Waals surface area contributed by atoms with Crippen LogP contribution >= 0.6 is 36.2 Å². The molecular weight excluding hydrogens is 483 g/mol. The van der Waals surface area contributed by atoms with Crippen LogP contribution in [0, 0.1) is 0 Å². The number of thiazole rings is 1. The molecule has 1 aliphatic rings. The predicted octanol–water partition coefficient (Wildman–Crippen LogP) is 3.91. The highest BCUT2D eigenvalue weighted by atomic mass is 35.5. The standard InChI is InChI=1S/C22H24N6O2S.2ClH/c1-27(2)14-7-5-6-13(12-14)25-22(30)28-11-10-17-19(31-21(26-17)20(24)29)18(28)15-8-3-4-9-16(15)23;;/h3-9,12,18H,10-11,23H2,1-2H3,(H2,24,29)(H,25,30);2*1H. The molecule has 1 aliphatic heterocycles. The Morgan fingerprint density at radius 3 is 2.55 bits per heavy atom. The van der Waals surface area contributed by atoms with Crippen LogP contribution in [0.5, 0.6) is 0 Å². The number of anilines is 3. The van der Waals surface area contributed by atoms with E-state index in [0.717, 1.165) is 21.8 Å². The van der Waals surface area contributed by atoms with Crippen molar-refractivity contribution in [1.82, 2.24) is 9.88 Å². The van der Waals surface area contributed by atoms with E-state index in [1.807, 2.05) is 61.5 Å². The molecule has 4 rings (SSSR count). The van der Waals surface area contributed by atoms with Gasteiger partial charge in [0.15, 0.2) is 5.01 Å². The Bertz CT molecular complexity index is 1150. The summed E-state index contributed by atoms with van der Waals surface area (Å²) in [6, 6.07) is 14.4. The summed E-state index contributed by atoms with van der Waals surface area (Å²) in [6.45, 7) is 0.438. The maximum Gasteiger partial charge on any atom is 0.322 e. The van der Waals surface area contributed by atoms with Crippen LogP contribution in [0.15, 0.2) is 48.5 Å². The smallest absolute Gasteiger partial charge is 0.322 e. The summed E-state index contributed by atoms with van der Waals surface area (Å²) < 4.78 is 0. The Morgan fingerprint density at radius 2 is 1.88 bits per heavy atom. The van der Waals surface area contributed by atoms with Crippen LogP contribution in [-0.4, -0.2) is 42.5 Å². The molecule has 0 spiro atoms. The number of carbonyl (C=O) groups excluding carboxylic acids is 2. The van der Waals surface area contributed by atoms with E-state index in [1.165, 1.54) is 11.3 Å². The highest BCUT2D eigenvalue weighted by Crippen LogP contribution is 2.41. The lowest BCUT2D eigenvalue weighted by Gasteiger charge is -2.36. The van der Waals surface area contributed by atoms with Gasteiger partial charge in [-0.05, 0) is 24.3 Å². The molecule has 2 heterocycles. The van der Waals surface area contributed by atoms with Crippen LogP contribution < -0.4 is 21.7 Å². The second-order valence-corrected chi connectivity index (χ2v) is 8.57. The van der Waals surface area contributed by atoms with Crippen LogP contribution in [0.1, 0.15) is 32.0 Å². The molecular formula is C22H26Cl2N6O2S. The molecule has 8 nitrogen and oxygen atoms in total. The monoisotopic (exact) mass is 508 g/mol. The van der Waals surface area contributed by atoms with Gasteiger partial charge in [0.05, 0.1) is 16.6 Å². The highest BCUT2D eigenvalue weighted by molar-refractivity contribution is 7.13. The molecule has 2 aromatic carbocycles. The normalized spacial score (nSPS) is 14.4. The van der Waals surface area contributed by atoms with Gasteiger partial charge >= 0.3 is 6.03 Å². The van der Waals surface area contributed by atoms with E-state index in [0.29, 0.717) is 24.3 Å². The summed E-state index contributed by atoms with van der Waals surface area (Å²) in [5, 5.41) is 3.24. The fourth-order valence-corrected chi connectivity index (χ4v) is 4.80. The third kappa shape index (κ3) is 5.32. The average Bonchev–Trinajstić information content (AvgIpc) is 3.18. The highest BCUT2D eigenvalue weighted by Gasteiger charge is 2.36. The fourth-order valence-electron chi connectivity index (χ4n) is 3.70. The molecule has 11 heteroatoms. The molecule has 1 atom stereocenters. The molecule has 3 amide bonds. The van der Waals surface area contributed by atoms with E-state index in [1.54, 1.807) is 11.0 Å². The number of nitrogens with one attached hydrogen (secondary N) is 1. The molecule has 33 heavy (non-hydrogen) atoms. The van der Waals surface area contributed by atoms with E-state index in [4.69, 9.17) is 11.5 Å². The molecule has 0 aliphatic carbocycles. The van der Waals surface area contributed by atoms with Gasteiger partial charge in [-0.2, -0.15) is 0 Å². The van der Waals surface area contributed by atoms with Gasteiger partial charge in [0.2, 0.25) is 0 Å². The number of carbonyl (C=O) groups is 2. The minimum absolute atomic E-state index is 0. The minimum atomic E-state index is -0.573. The van der Waals surface area contributed by atoms with Gasteiger partial charge < -0.3 is 26.6 Å². The summed E-state index contributed by atoms with van der Waals surface area (Å²) >= 11 is 1.22. The number of nitrogens with zero attached hydrogens (tertiary/aromatic N) is 3. The van der Waals surface area contributed by atoms with Gasteiger partial charge in [0.25, 0.3) is 5.91 Å². The first-order valence-electron chi connectivity index (χ1n) is 9.84. The molecule has 0 saturated heterocycles. The predicted molar refractivity (Wildman–Crippen MR) is 138 cm³/mol. The summed E-state index contributed by atoms with van der Waals surface area (Å²) in [5.74, 6) is -0.573. The Morgan fingerprint density at radius 1 is 1.15 bits per heavy atom. The second kappa shape index (κ2) is 10.7. The number of nitrogen functional groups attached to an aromatic ring is 1. The van der Waals surface area contributed by atoms with E-state index in [-0.39, 0.29) is 35.9 Å². The Labute approximate surface area is 208 Å². The molecule has 3 aromatic rings. The molecule has 0 fully saturated rings. The lowest BCUT2D eigenvalue weighted by atomic mass is 9.96. The third-order valence-electron chi connectivity index (χ3n) is 5.25. The number of para-hydroxylation sites is 1. The SMILES string of the molecule is CN(C)c1cccc(NC(=O)N2CCc3nc(C(N)=O)sc3C2c2ccccc2N)c1.Cl.Cl. The Kier molecular flexibility index (Phi) is 8.54. The van der Waals surface area contributed by atoms with Crippen molar-refractivity contribution < 1.29 is 9.59 Å². The van der Waals surface area contributed by atoms with Gasteiger partial charge in [0.1, 0.15) is 0 Å². The van der Waals surface area contributed by atoms with Crippen molar-refractivity contribution in [2.45, 2.75) is 12.5 Å². The number of urea groups is 1. The topological polar surface area (TPSA) is 118 Å². The number of primary amides is 1. The minimum Gasteiger partial charge on any atom is -0.398 e. The van der Waals surface area contributed by atoms with E-state index in [2.05, 4.69) is 10.3 Å². The van der Waals surface area contributed by atoms with Gasteiger partial charge in [0, 0.05) is 49.7 Å². The summed E-state index contributed by atoms with van der Waals surface area (Å²) in [6.07, 6.45) is 0.535. The molecule has 1 aromatic heterocycles. The van der Waals surface area contributed by atoms with Crippen LogP contribution in [-0.2, 0) is 6.42 Å². The number of hydrogen-bond donors (Lipinski definition) is 3. The molecule has 0 radical (unpaired) electrons. The zero-order valence-electron chi connectivity index (χ0n) is 18.1. The maximum atomic E-state index is 13.3. The number of nitrogens with two attached hydrogens (primary N) is 2. The molecule has 176 valence electrons. The Balaban J connectivity index is 0.00000193. The lowest BCUT2D eigenvalue weighted by Crippen LogP contribution is -2.42. The fraction of sp³-hybridized carbons (Fsp3) is 0.227. The first kappa shape index (κ1) is 26.2. The Hall–Kier alpha value is -3.01. The van der Waals surface area contributed by atoms with Gasteiger partial charge in [-0.1, -0.05) is 24.3 Å². The van der Waals surface area contributed by atoms with Crippen molar-refractivity contribution >= 4 is 65.2 Å². The first-order chi connectivity index (χ1) is 14.8. The van der Waals surface area contributed by atoms with Gasteiger partial charge in [-0.15, -0.1) is 36.2 Å². The van der Waals surface area contributed by atoms with Crippen molar-refractivity contribution in [3.63, 3.8) is 0 Å². The largest absolute Gasteiger partial charge is 0.398 e. The number of amides is 3. The van der Waals surface area contributed by atoms with E-state index in [9.17, 15) is 9.59 Å². The number of halogens is 2. The third-order valence-corrected chi connectivity index (χ3v) is 6.42. The van der Waals surface area contributed by atoms with Crippen LogP contribution in [0.25, 0.3) is 0 Å². The zero-order valence-corrected chi connectivity index (χ0v) is 20.6. The number of hydrogen-bond acceptors (Lipinski definition) is 6. The maximum absolute atomic E-state index is 13.3. The first-order valence-corrected chi connectivity index (χ1v) is 10.7. The molecule has 0 bridgehead atoms. The number of rotatable bonds is 4. The van der Waals surface area contributed by atoms with Crippen molar-refractivity contribution in [2.75, 3.05) is 36.6 Å². The van der Waals surface area contributed by atoms with Crippen molar-refractivity contribution in [3.8, 4) is 0 Å². The van der Waals surface area contributed by atoms with E-state index >= 15 is 0 Å². The number of aromatic nitrogens is 1. The van der Waals surface area contributed by atoms with Gasteiger partial charge in [-0.25, -0.2) is 9.78 Å². The van der Waals surface area contributed by atoms with Crippen molar-refractivity contribution in [1.29, 1.82) is 0 Å². The zero-order chi connectivity index (χ0) is 22.1. The van der Waals surface area contributed by atoms with Crippen molar-refractivity contribution in [2.24, 2.45) is 5.73 Å². The van der Waals surface area contributed by atoms with Crippen LogP contribution in [0.2, 0.25) is 0 Å².